The number of rotatable bonds is 17. The maximum atomic E-state index is 5.63. The highest BCUT2D eigenvalue weighted by Gasteiger charge is 2.07. The van der Waals surface area contributed by atoms with Crippen LogP contribution in [0.4, 0.5) is 0 Å². The lowest BCUT2D eigenvalue weighted by Crippen LogP contribution is -2.26. The van der Waals surface area contributed by atoms with Crippen molar-refractivity contribution in [2.24, 2.45) is 98.3 Å². The Kier molecular flexibility index (Phi) is 79.6. The fraction of sp³-hybridized carbons (Fsp3) is 1.00. The summed E-state index contributed by atoms with van der Waals surface area (Å²) in [6.07, 6.45) is 19.9. The molecule has 1 aliphatic carbocycles. The normalized spacial score (nSPS) is 15.7. The van der Waals surface area contributed by atoms with E-state index in [1.54, 1.807) is 0 Å². The summed E-state index contributed by atoms with van der Waals surface area (Å²) in [4.78, 5) is 0. The van der Waals surface area contributed by atoms with Crippen LogP contribution in [0.3, 0.4) is 0 Å². The van der Waals surface area contributed by atoms with Gasteiger partial charge in [0.05, 0.1) is 0 Å². The van der Waals surface area contributed by atoms with Crippen LogP contribution in [-0.2, 0) is 0 Å². The van der Waals surface area contributed by atoms with Gasteiger partial charge in [0, 0.05) is 41.8 Å². The van der Waals surface area contributed by atoms with Crippen LogP contribution in [0, 0.1) is 40.9 Å². The lowest BCUT2D eigenvalue weighted by molar-refractivity contribution is 0.428. The molecule has 8 unspecified atom stereocenters. The van der Waals surface area contributed by atoms with E-state index in [1.807, 2.05) is 34.6 Å². The summed E-state index contributed by atoms with van der Waals surface area (Å²) in [5, 5.41) is 0. The first-order valence-electron chi connectivity index (χ1n) is 27.9. The molecule has 1 saturated carbocycles. The van der Waals surface area contributed by atoms with Crippen molar-refractivity contribution in [3.05, 3.63) is 0 Å². The molecule has 20 N–H and O–H groups in total. The highest BCUT2D eigenvalue weighted by Crippen LogP contribution is 2.15. The second-order valence-electron chi connectivity index (χ2n) is 23.4. The van der Waals surface area contributed by atoms with Crippen LogP contribution >= 0.6 is 0 Å². The average Bonchev–Trinajstić information content (AvgIpc) is 3.22. The number of hydrogen-bond donors (Lipinski definition) is 10. The molecule has 0 aliphatic heterocycles. The Morgan fingerprint density at radius 2 is 0.925 bits per heavy atom. The predicted octanol–water partition coefficient (Wildman–Crippen LogP) is 12.8. The Morgan fingerprint density at radius 1 is 0.507 bits per heavy atom. The molecule has 420 valence electrons. The largest absolute Gasteiger partial charge is 0.330 e. The van der Waals surface area contributed by atoms with E-state index in [1.165, 1.54) is 83.5 Å². The summed E-state index contributed by atoms with van der Waals surface area (Å²) >= 11 is 0. The summed E-state index contributed by atoms with van der Waals surface area (Å²) in [6, 6.07) is 2.53. The van der Waals surface area contributed by atoms with E-state index >= 15 is 0 Å². The quantitative estimate of drug-likeness (QED) is 0.0659. The van der Waals surface area contributed by atoms with E-state index in [4.69, 9.17) is 57.3 Å². The molecule has 1 fully saturated rings. The molecule has 1 aliphatic rings. The zero-order chi connectivity index (χ0) is 55.4. The van der Waals surface area contributed by atoms with E-state index in [2.05, 4.69) is 132 Å². The van der Waals surface area contributed by atoms with Crippen molar-refractivity contribution in [1.29, 1.82) is 0 Å². The lowest BCUT2D eigenvalue weighted by Gasteiger charge is -2.15. The van der Waals surface area contributed by atoms with E-state index < -0.39 is 0 Å². The highest BCUT2D eigenvalue weighted by atomic mass is 14.7. The van der Waals surface area contributed by atoms with Crippen molar-refractivity contribution in [1.82, 2.24) is 0 Å². The third-order valence-corrected chi connectivity index (χ3v) is 10.9. The molecule has 0 aromatic carbocycles. The first-order valence-corrected chi connectivity index (χ1v) is 27.9. The van der Waals surface area contributed by atoms with Crippen molar-refractivity contribution in [2.45, 2.75) is 311 Å². The van der Waals surface area contributed by atoms with Gasteiger partial charge < -0.3 is 57.3 Å². The average molecular weight is 968 g/mol. The molecule has 67 heavy (non-hydrogen) atoms. The second kappa shape index (κ2) is 61.7. The van der Waals surface area contributed by atoms with Crippen molar-refractivity contribution in [3.8, 4) is 0 Å². The van der Waals surface area contributed by atoms with Crippen molar-refractivity contribution < 1.29 is 0 Å². The van der Waals surface area contributed by atoms with Gasteiger partial charge in [-0.05, 0) is 153 Å². The van der Waals surface area contributed by atoms with Crippen LogP contribution in [-0.4, -0.2) is 61.4 Å². The fourth-order valence-electron chi connectivity index (χ4n) is 4.70. The molecular formula is C57H142N10. The lowest BCUT2D eigenvalue weighted by atomic mass is 9.97. The van der Waals surface area contributed by atoms with Crippen molar-refractivity contribution in [3.63, 3.8) is 0 Å². The zero-order valence-electron chi connectivity index (χ0n) is 51.1. The molecule has 0 heterocycles. The Hall–Kier alpha value is -0.400. The third-order valence-electron chi connectivity index (χ3n) is 10.9. The topological polar surface area (TPSA) is 260 Å². The molecule has 0 bridgehead atoms. The Balaban J connectivity index is -0.0000000798. The Labute approximate surface area is 427 Å². The summed E-state index contributed by atoms with van der Waals surface area (Å²) in [7, 11) is 0. The van der Waals surface area contributed by atoms with Crippen molar-refractivity contribution >= 4 is 0 Å². The van der Waals surface area contributed by atoms with E-state index in [-0.39, 0.29) is 5.54 Å². The van der Waals surface area contributed by atoms with Crippen molar-refractivity contribution in [2.75, 3.05) is 19.6 Å². The number of unbranched alkanes of at least 4 members (excludes halogenated alkanes) is 1. The first-order chi connectivity index (χ1) is 30.5. The molecular weight excluding hydrogens is 825 g/mol. The van der Waals surface area contributed by atoms with Gasteiger partial charge in [-0.3, -0.25) is 0 Å². The molecule has 0 aromatic rings. The SMILES string of the molecule is CC(C)(C)CN.CC(C)(C)N.CC(C)C(C)CN.CC(C)CC(C)N.CCC(C)C(C)N.CCC(N)C(C)C.CCCC(C)CN.CCCC(N)CC.CCCCC(C)N.NC1CCCCC1. The van der Waals surface area contributed by atoms with Crippen LogP contribution in [0.2, 0.25) is 0 Å². The minimum atomic E-state index is 0. The van der Waals surface area contributed by atoms with Gasteiger partial charge in [-0.2, -0.15) is 0 Å². The van der Waals surface area contributed by atoms with Gasteiger partial charge in [0.15, 0.2) is 0 Å². The van der Waals surface area contributed by atoms with Crippen LogP contribution in [0.5, 0.6) is 0 Å². The fourth-order valence-corrected chi connectivity index (χ4v) is 4.70. The molecule has 0 saturated heterocycles. The number of hydrogen-bond acceptors (Lipinski definition) is 10. The second-order valence-corrected chi connectivity index (χ2v) is 23.4. The Bertz CT molecular complexity index is 755. The van der Waals surface area contributed by atoms with Gasteiger partial charge in [-0.15, -0.1) is 0 Å². The molecule has 10 nitrogen and oxygen atoms in total. The Morgan fingerprint density at radius 3 is 1.00 bits per heavy atom. The third kappa shape index (κ3) is 122. The predicted molar refractivity (Wildman–Crippen MR) is 315 cm³/mol. The van der Waals surface area contributed by atoms with Gasteiger partial charge >= 0.3 is 0 Å². The molecule has 0 amide bonds. The minimum absolute atomic E-state index is 0. The van der Waals surface area contributed by atoms with Gasteiger partial charge in [0.1, 0.15) is 0 Å². The smallest absolute Gasteiger partial charge is 0.00686 e. The van der Waals surface area contributed by atoms with Crippen LogP contribution in [0.1, 0.15) is 269 Å². The van der Waals surface area contributed by atoms with Gasteiger partial charge in [-0.25, -0.2) is 0 Å². The van der Waals surface area contributed by atoms with Crippen LogP contribution in [0.25, 0.3) is 0 Å². The standard InChI is InChI=1S/C6H13N.7C6H15N.C5H13N.C4H11N/c7-6-4-2-1-3-5-6;1-5(2)6(3)4-7;1-5(2)4-6(3)7;1-4-5(2)6(3)7;1-4-6(7)5(2)3;1-3-4-6(2)5-7;1-3-4-5-6(2)7;1-3-5-6(7)4-2;1-5(2,3)4-6;1-4(2,3)5/h6H,1-5,7H2;4*5-6H,4,7H2,1-3H3;3*6H,3-5,7H2,1-2H3;4,6H2,1-3H3;5H2,1-3H3. The maximum absolute atomic E-state index is 5.63. The van der Waals surface area contributed by atoms with E-state index in [0.29, 0.717) is 59.4 Å². The summed E-state index contributed by atoms with van der Waals surface area (Å²) in [5.74, 6) is 4.22. The maximum Gasteiger partial charge on any atom is 0.00686 e. The number of nitrogens with two attached hydrogens (primary N) is 10. The van der Waals surface area contributed by atoms with Gasteiger partial charge in [0.2, 0.25) is 0 Å². The van der Waals surface area contributed by atoms with E-state index in [0.717, 1.165) is 56.7 Å². The highest BCUT2D eigenvalue weighted by molar-refractivity contribution is 4.66. The summed E-state index contributed by atoms with van der Waals surface area (Å²) in [5.41, 5.74) is 55.1. The van der Waals surface area contributed by atoms with Gasteiger partial charge in [-0.1, -0.05) is 176 Å². The molecule has 0 aromatic heterocycles. The summed E-state index contributed by atoms with van der Waals surface area (Å²) in [6.45, 7) is 53.3. The molecule has 0 spiro atoms. The van der Waals surface area contributed by atoms with Gasteiger partial charge in [0.25, 0.3) is 0 Å². The molecule has 10 heteroatoms. The van der Waals surface area contributed by atoms with Crippen LogP contribution in [0.15, 0.2) is 0 Å². The molecule has 8 atom stereocenters. The molecule has 1 rings (SSSR count). The monoisotopic (exact) mass is 967 g/mol. The first kappa shape index (κ1) is 86.4. The minimum Gasteiger partial charge on any atom is -0.330 e. The molecule has 0 radical (unpaired) electrons. The zero-order valence-corrected chi connectivity index (χ0v) is 51.1. The van der Waals surface area contributed by atoms with Crippen LogP contribution < -0.4 is 57.3 Å². The van der Waals surface area contributed by atoms with E-state index in [9.17, 15) is 0 Å². The summed E-state index contributed by atoms with van der Waals surface area (Å²) < 4.78 is 0.